The van der Waals surface area contributed by atoms with Crippen molar-refractivity contribution < 1.29 is 14.7 Å². The number of hydrogen-bond acceptors (Lipinski definition) is 5. The number of rotatable bonds is 4. The Hall–Kier alpha value is -1.28. The number of aromatic nitrogens is 1. The molecule has 3 atom stereocenters. The molecular weight excluding hydrogens is 298 g/mol. The summed E-state index contributed by atoms with van der Waals surface area (Å²) in [6.07, 6.45) is 2.41. The molecule has 1 aromatic rings. The minimum atomic E-state index is -0.953. The summed E-state index contributed by atoms with van der Waals surface area (Å²) in [5, 5.41) is 14.6. The highest BCUT2D eigenvalue weighted by Gasteiger charge is 2.41. The van der Waals surface area contributed by atoms with Gasteiger partial charge in [0, 0.05) is 17.3 Å². The van der Waals surface area contributed by atoms with Gasteiger partial charge in [-0.15, -0.1) is 23.1 Å². The number of nitrogens with one attached hydrogen (secondary N) is 1. The van der Waals surface area contributed by atoms with Crippen molar-refractivity contribution in [2.75, 3.05) is 5.75 Å². The summed E-state index contributed by atoms with van der Waals surface area (Å²) in [7, 11) is 0. The molecule has 0 spiro atoms. The zero-order valence-corrected chi connectivity index (χ0v) is 12.9. The molecule has 1 aliphatic rings. The zero-order chi connectivity index (χ0) is 14.7. The second kappa shape index (κ2) is 6.45. The summed E-state index contributed by atoms with van der Waals surface area (Å²) in [5.41, 5.74) is 0. The molecule has 8 heteroatoms. The molecule has 1 aliphatic heterocycles. The molecule has 2 amide bonds. The van der Waals surface area contributed by atoms with Crippen molar-refractivity contribution >= 4 is 35.1 Å². The van der Waals surface area contributed by atoms with Crippen LogP contribution in [-0.4, -0.2) is 44.2 Å². The van der Waals surface area contributed by atoms with E-state index in [0.717, 1.165) is 11.4 Å². The van der Waals surface area contributed by atoms with Gasteiger partial charge in [-0.05, 0) is 13.3 Å². The van der Waals surface area contributed by atoms with Gasteiger partial charge in [0.1, 0.15) is 11.0 Å². The predicted molar refractivity (Wildman–Crippen MR) is 78.9 cm³/mol. The van der Waals surface area contributed by atoms with Crippen molar-refractivity contribution in [2.24, 2.45) is 0 Å². The highest BCUT2D eigenvalue weighted by Crippen LogP contribution is 2.31. The van der Waals surface area contributed by atoms with E-state index in [0.29, 0.717) is 5.75 Å². The molecule has 6 nitrogen and oxygen atoms in total. The summed E-state index contributed by atoms with van der Waals surface area (Å²) in [4.78, 5) is 29.2. The topological polar surface area (TPSA) is 82.5 Å². The van der Waals surface area contributed by atoms with Crippen LogP contribution in [0, 0.1) is 0 Å². The molecule has 0 radical (unpaired) electrons. The van der Waals surface area contributed by atoms with E-state index in [1.165, 1.54) is 28.0 Å². The quantitative estimate of drug-likeness (QED) is 0.889. The van der Waals surface area contributed by atoms with Crippen LogP contribution in [-0.2, 0) is 4.79 Å². The number of nitrogens with zero attached hydrogens (tertiary/aromatic N) is 2. The lowest BCUT2D eigenvalue weighted by Gasteiger charge is -2.28. The number of thiazole rings is 1. The first-order chi connectivity index (χ1) is 9.54. The van der Waals surface area contributed by atoms with Crippen molar-refractivity contribution in [3.05, 3.63) is 16.6 Å². The fourth-order valence-electron chi connectivity index (χ4n) is 2.11. The predicted octanol–water partition coefficient (Wildman–Crippen LogP) is 2.15. The van der Waals surface area contributed by atoms with E-state index >= 15 is 0 Å². The molecule has 20 heavy (non-hydrogen) atoms. The minimum Gasteiger partial charge on any atom is -0.480 e. The Morgan fingerprint density at radius 2 is 2.40 bits per heavy atom. The van der Waals surface area contributed by atoms with Gasteiger partial charge in [-0.2, -0.15) is 0 Å². The lowest BCUT2D eigenvalue weighted by molar-refractivity contribution is -0.141. The van der Waals surface area contributed by atoms with Crippen LogP contribution < -0.4 is 5.32 Å². The number of carbonyl (C=O) groups excluding carboxylic acids is 1. The van der Waals surface area contributed by atoms with Gasteiger partial charge in [0.25, 0.3) is 0 Å². The zero-order valence-electron chi connectivity index (χ0n) is 11.3. The lowest BCUT2D eigenvalue weighted by atomic mass is 10.2. The van der Waals surface area contributed by atoms with E-state index in [9.17, 15) is 14.7 Å². The molecule has 2 rings (SSSR count). The molecule has 0 aromatic carbocycles. The number of aliphatic carboxylic acids is 1. The highest BCUT2D eigenvalue weighted by molar-refractivity contribution is 8.00. The largest absolute Gasteiger partial charge is 0.480 e. The molecule has 1 aromatic heterocycles. The molecule has 2 N–H and O–H groups in total. The first-order valence-corrected chi connectivity index (χ1v) is 8.30. The van der Waals surface area contributed by atoms with Crippen LogP contribution in [0.2, 0.25) is 0 Å². The number of urea groups is 1. The van der Waals surface area contributed by atoms with Gasteiger partial charge in [0.2, 0.25) is 0 Å². The van der Waals surface area contributed by atoms with Gasteiger partial charge in [0.05, 0.1) is 11.4 Å². The standard InChI is InChI=1S/C12H17N3O3S2/c1-3-9-15(8(6-20-9)11(16)17)12(18)14-7(2)10-13-4-5-19-10/h4-5,7-9H,3,6H2,1-2H3,(H,14,18)(H,16,17). The first kappa shape index (κ1) is 15.1. The van der Waals surface area contributed by atoms with E-state index in [1.807, 2.05) is 19.2 Å². The van der Waals surface area contributed by atoms with Gasteiger partial charge in [-0.25, -0.2) is 14.6 Å². The number of thioether (sulfide) groups is 1. The Bertz CT molecular complexity index is 480. The molecule has 0 bridgehead atoms. The normalized spacial score (nSPS) is 23.6. The van der Waals surface area contributed by atoms with Crippen molar-refractivity contribution in [2.45, 2.75) is 37.7 Å². The summed E-state index contributed by atoms with van der Waals surface area (Å²) >= 11 is 2.97. The number of amides is 2. The molecule has 2 heterocycles. The smallest absolute Gasteiger partial charge is 0.327 e. The summed E-state index contributed by atoms with van der Waals surface area (Å²) < 4.78 is 0. The van der Waals surface area contributed by atoms with E-state index in [2.05, 4.69) is 10.3 Å². The number of carboxylic acid groups (broad SMARTS) is 1. The van der Waals surface area contributed by atoms with Crippen LogP contribution in [0.15, 0.2) is 11.6 Å². The van der Waals surface area contributed by atoms with E-state index < -0.39 is 12.0 Å². The maximum Gasteiger partial charge on any atom is 0.327 e. The van der Waals surface area contributed by atoms with Gasteiger partial charge < -0.3 is 10.4 Å². The maximum absolute atomic E-state index is 12.4. The fourth-order valence-corrected chi connectivity index (χ4v) is 4.10. The van der Waals surface area contributed by atoms with Crippen molar-refractivity contribution in [1.29, 1.82) is 0 Å². The van der Waals surface area contributed by atoms with Crippen LogP contribution in [0.1, 0.15) is 31.3 Å². The SMILES string of the molecule is CCC1SCC(C(=O)O)N1C(=O)NC(C)c1nccs1. The third-order valence-electron chi connectivity index (χ3n) is 3.12. The van der Waals surface area contributed by atoms with Gasteiger partial charge in [0.15, 0.2) is 0 Å². The van der Waals surface area contributed by atoms with Crippen molar-refractivity contribution in [3.8, 4) is 0 Å². The van der Waals surface area contributed by atoms with Crippen LogP contribution in [0.3, 0.4) is 0 Å². The molecule has 3 unspecified atom stereocenters. The monoisotopic (exact) mass is 315 g/mol. The summed E-state index contributed by atoms with van der Waals surface area (Å²) in [5.74, 6) is -0.516. The molecule has 1 saturated heterocycles. The molecule has 1 fully saturated rings. The van der Waals surface area contributed by atoms with Crippen molar-refractivity contribution in [1.82, 2.24) is 15.2 Å². The highest BCUT2D eigenvalue weighted by atomic mass is 32.2. The fraction of sp³-hybridized carbons (Fsp3) is 0.583. The molecule has 0 aliphatic carbocycles. The average Bonchev–Trinajstić information content (AvgIpc) is 3.07. The summed E-state index contributed by atoms with van der Waals surface area (Å²) in [6.45, 7) is 3.79. The Morgan fingerprint density at radius 3 is 2.95 bits per heavy atom. The average molecular weight is 315 g/mol. The number of hydrogen-bond donors (Lipinski definition) is 2. The minimum absolute atomic E-state index is 0.0837. The second-order valence-corrected chi connectivity index (χ2v) is 6.64. The Kier molecular flexibility index (Phi) is 4.87. The van der Waals surface area contributed by atoms with E-state index in [-0.39, 0.29) is 17.4 Å². The van der Waals surface area contributed by atoms with Gasteiger partial charge in [-0.1, -0.05) is 6.92 Å². The van der Waals surface area contributed by atoms with Crippen LogP contribution in [0.5, 0.6) is 0 Å². The van der Waals surface area contributed by atoms with E-state index in [4.69, 9.17) is 0 Å². The third-order valence-corrected chi connectivity index (χ3v) is 5.53. The Morgan fingerprint density at radius 1 is 1.65 bits per heavy atom. The molecular formula is C12H17N3O3S2. The Balaban J connectivity index is 2.07. The second-order valence-electron chi connectivity index (χ2n) is 4.50. The van der Waals surface area contributed by atoms with Crippen molar-refractivity contribution in [3.63, 3.8) is 0 Å². The number of carbonyl (C=O) groups is 2. The lowest BCUT2D eigenvalue weighted by Crippen LogP contribution is -2.50. The van der Waals surface area contributed by atoms with Crippen LogP contribution in [0.4, 0.5) is 4.79 Å². The number of carboxylic acids is 1. The third kappa shape index (κ3) is 3.06. The van der Waals surface area contributed by atoms with Gasteiger partial charge in [-0.3, -0.25) is 4.90 Å². The molecule has 0 saturated carbocycles. The van der Waals surface area contributed by atoms with E-state index in [1.54, 1.807) is 6.20 Å². The maximum atomic E-state index is 12.4. The Labute approximate surface area is 125 Å². The van der Waals surface area contributed by atoms with Gasteiger partial charge >= 0.3 is 12.0 Å². The van der Waals surface area contributed by atoms with Crippen LogP contribution >= 0.6 is 23.1 Å². The molecule has 110 valence electrons. The summed E-state index contributed by atoms with van der Waals surface area (Å²) in [6, 6.07) is -1.31. The first-order valence-electron chi connectivity index (χ1n) is 6.37. The van der Waals surface area contributed by atoms with Crippen LogP contribution in [0.25, 0.3) is 0 Å².